The van der Waals surface area contributed by atoms with Crippen LogP contribution < -0.4 is 10.1 Å². The third-order valence-corrected chi connectivity index (χ3v) is 5.36. The lowest BCUT2D eigenvalue weighted by molar-refractivity contribution is -0.132. The third kappa shape index (κ3) is 5.95. The summed E-state index contributed by atoms with van der Waals surface area (Å²) in [5.41, 5.74) is 1.65. The molecule has 6 nitrogen and oxygen atoms in total. The Balaban J connectivity index is 1.38. The second kappa shape index (κ2) is 10.3. The van der Waals surface area contributed by atoms with Gasteiger partial charge in [-0.15, -0.1) is 0 Å². The van der Waals surface area contributed by atoms with Gasteiger partial charge in [0.2, 0.25) is 5.91 Å². The number of nitrogens with zero attached hydrogens (tertiary/aromatic N) is 2. The fourth-order valence-electron chi connectivity index (χ4n) is 3.33. The van der Waals surface area contributed by atoms with Crippen LogP contribution in [0.3, 0.4) is 0 Å². The summed E-state index contributed by atoms with van der Waals surface area (Å²) in [5, 5.41) is 3.18. The molecule has 1 N–H and O–H groups in total. The highest BCUT2D eigenvalue weighted by Crippen LogP contribution is 2.15. The summed E-state index contributed by atoms with van der Waals surface area (Å²) in [6, 6.07) is 14.9. The lowest BCUT2D eigenvalue weighted by Gasteiger charge is -2.34. The predicted molar refractivity (Wildman–Crippen MR) is 113 cm³/mol. The average molecular weight is 416 g/mol. The molecular formula is C22H26ClN3O3. The molecule has 0 aliphatic carbocycles. The average Bonchev–Trinajstić information content (AvgIpc) is 2.75. The van der Waals surface area contributed by atoms with E-state index in [2.05, 4.69) is 22.3 Å². The van der Waals surface area contributed by atoms with Crippen LogP contribution in [0.1, 0.15) is 22.3 Å². The van der Waals surface area contributed by atoms with E-state index in [4.69, 9.17) is 16.3 Å². The molecule has 29 heavy (non-hydrogen) atoms. The Kier molecular flexibility index (Phi) is 7.49. The Morgan fingerprint density at radius 2 is 1.72 bits per heavy atom. The van der Waals surface area contributed by atoms with Crippen molar-refractivity contribution in [2.45, 2.75) is 13.0 Å². The van der Waals surface area contributed by atoms with Crippen LogP contribution in [0.5, 0.6) is 5.75 Å². The smallest absolute Gasteiger partial charge is 0.252 e. The largest absolute Gasteiger partial charge is 0.497 e. The topological polar surface area (TPSA) is 61.9 Å². The van der Waals surface area contributed by atoms with Gasteiger partial charge >= 0.3 is 0 Å². The minimum absolute atomic E-state index is 0.0635. The van der Waals surface area contributed by atoms with E-state index in [1.165, 1.54) is 5.56 Å². The van der Waals surface area contributed by atoms with Gasteiger partial charge in [0.15, 0.2) is 0 Å². The predicted octanol–water partition coefficient (Wildman–Crippen LogP) is 2.81. The van der Waals surface area contributed by atoms with E-state index in [0.717, 1.165) is 25.4 Å². The van der Waals surface area contributed by atoms with Gasteiger partial charge in [-0.25, -0.2) is 0 Å². The van der Waals surface area contributed by atoms with Crippen molar-refractivity contribution in [2.75, 3.05) is 39.8 Å². The summed E-state index contributed by atoms with van der Waals surface area (Å²) in [6.45, 7) is 4.24. The van der Waals surface area contributed by atoms with Gasteiger partial charge in [0.1, 0.15) is 5.75 Å². The number of carbonyl (C=O) groups is 2. The number of halogens is 1. The molecule has 154 valence electrons. The number of carbonyl (C=O) groups excluding carboxylic acids is 2. The Hall–Kier alpha value is -2.57. The monoisotopic (exact) mass is 415 g/mol. The number of benzene rings is 2. The normalized spacial score (nSPS) is 14.5. The van der Waals surface area contributed by atoms with E-state index in [1.807, 2.05) is 17.0 Å². The van der Waals surface area contributed by atoms with Crippen molar-refractivity contribution in [1.29, 1.82) is 0 Å². The molecule has 0 radical (unpaired) electrons. The molecular weight excluding hydrogens is 390 g/mol. The zero-order valence-corrected chi connectivity index (χ0v) is 17.3. The molecule has 1 fully saturated rings. The molecule has 1 aliphatic rings. The van der Waals surface area contributed by atoms with Crippen LogP contribution in [0.2, 0.25) is 5.02 Å². The zero-order chi connectivity index (χ0) is 20.6. The van der Waals surface area contributed by atoms with Gasteiger partial charge in [-0.2, -0.15) is 0 Å². The van der Waals surface area contributed by atoms with E-state index in [0.29, 0.717) is 30.2 Å². The number of nitrogens with one attached hydrogen (secondary N) is 1. The van der Waals surface area contributed by atoms with Crippen molar-refractivity contribution >= 4 is 23.4 Å². The van der Waals surface area contributed by atoms with Crippen LogP contribution in [0.15, 0.2) is 48.5 Å². The Morgan fingerprint density at radius 1 is 1.03 bits per heavy atom. The summed E-state index contributed by atoms with van der Waals surface area (Å²) >= 11 is 6.02. The first-order valence-electron chi connectivity index (χ1n) is 9.72. The van der Waals surface area contributed by atoms with Crippen molar-refractivity contribution in [1.82, 2.24) is 15.1 Å². The van der Waals surface area contributed by atoms with Gasteiger partial charge in [-0.05, 0) is 29.8 Å². The van der Waals surface area contributed by atoms with Crippen molar-refractivity contribution in [2.24, 2.45) is 0 Å². The van der Waals surface area contributed by atoms with Gasteiger partial charge in [-0.1, -0.05) is 35.9 Å². The molecule has 0 atom stereocenters. The summed E-state index contributed by atoms with van der Waals surface area (Å²) < 4.78 is 5.19. The number of hydrogen-bond acceptors (Lipinski definition) is 4. The molecule has 0 unspecified atom stereocenters. The molecule has 2 amide bonds. The fourth-order valence-corrected chi connectivity index (χ4v) is 3.55. The molecule has 1 heterocycles. The third-order valence-electron chi connectivity index (χ3n) is 5.03. The van der Waals surface area contributed by atoms with Crippen molar-refractivity contribution in [3.05, 3.63) is 64.7 Å². The number of hydrogen-bond donors (Lipinski definition) is 1. The van der Waals surface area contributed by atoms with Gasteiger partial charge < -0.3 is 15.0 Å². The molecule has 1 saturated heterocycles. The summed E-state index contributed by atoms with van der Waals surface area (Å²) in [4.78, 5) is 28.8. The second-order valence-corrected chi connectivity index (χ2v) is 7.40. The number of rotatable bonds is 7. The maximum atomic E-state index is 12.4. The lowest BCUT2D eigenvalue weighted by atomic mass is 10.2. The quantitative estimate of drug-likeness (QED) is 0.755. The number of amides is 2. The fraction of sp³-hybridized carbons (Fsp3) is 0.364. The van der Waals surface area contributed by atoms with Crippen molar-refractivity contribution in [3.63, 3.8) is 0 Å². The van der Waals surface area contributed by atoms with E-state index in [1.54, 1.807) is 31.4 Å². The minimum Gasteiger partial charge on any atom is -0.497 e. The summed E-state index contributed by atoms with van der Waals surface area (Å²) in [5.74, 6) is 0.659. The van der Waals surface area contributed by atoms with Gasteiger partial charge in [0.05, 0.1) is 17.7 Å². The van der Waals surface area contributed by atoms with Crippen LogP contribution in [-0.2, 0) is 11.3 Å². The first kappa shape index (κ1) is 21.1. The molecule has 2 aromatic carbocycles. The first-order chi connectivity index (χ1) is 14.1. The highest BCUT2D eigenvalue weighted by atomic mass is 35.5. The number of piperazine rings is 1. The molecule has 1 aliphatic heterocycles. The van der Waals surface area contributed by atoms with Crippen molar-refractivity contribution < 1.29 is 14.3 Å². The van der Waals surface area contributed by atoms with Gasteiger partial charge in [-0.3, -0.25) is 14.5 Å². The minimum atomic E-state index is -0.257. The van der Waals surface area contributed by atoms with Gasteiger partial charge in [0.25, 0.3) is 5.91 Å². The lowest BCUT2D eigenvalue weighted by Crippen LogP contribution is -2.48. The molecule has 2 aromatic rings. The van der Waals surface area contributed by atoms with Crippen molar-refractivity contribution in [3.8, 4) is 5.75 Å². The molecule has 3 rings (SSSR count). The summed E-state index contributed by atoms with van der Waals surface area (Å²) in [7, 11) is 1.66. The molecule has 7 heteroatoms. The Bertz CT molecular complexity index is 833. The number of methoxy groups -OCH3 is 1. The Morgan fingerprint density at radius 3 is 2.38 bits per heavy atom. The van der Waals surface area contributed by atoms with E-state index in [9.17, 15) is 9.59 Å². The van der Waals surface area contributed by atoms with E-state index in [-0.39, 0.29) is 18.2 Å². The maximum Gasteiger partial charge on any atom is 0.252 e. The molecule has 0 saturated carbocycles. The van der Waals surface area contributed by atoms with Crippen LogP contribution in [-0.4, -0.2) is 61.4 Å². The Labute approximate surface area is 176 Å². The second-order valence-electron chi connectivity index (χ2n) is 6.99. The molecule has 0 spiro atoms. The summed E-state index contributed by atoms with van der Waals surface area (Å²) in [6.07, 6.45) is 0.286. The molecule has 0 bridgehead atoms. The SMILES string of the molecule is COc1ccc(CN2CCN(C(=O)CCNC(=O)c3ccccc3Cl)CC2)cc1. The highest BCUT2D eigenvalue weighted by Gasteiger charge is 2.21. The maximum absolute atomic E-state index is 12.4. The van der Waals surface area contributed by atoms with Crippen LogP contribution in [0.25, 0.3) is 0 Å². The van der Waals surface area contributed by atoms with Crippen LogP contribution >= 0.6 is 11.6 Å². The number of ether oxygens (including phenoxy) is 1. The molecule has 0 aromatic heterocycles. The van der Waals surface area contributed by atoms with Crippen LogP contribution in [0.4, 0.5) is 0 Å². The first-order valence-corrected chi connectivity index (χ1v) is 10.1. The zero-order valence-electron chi connectivity index (χ0n) is 16.6. The van der Waals surface area contributed by atoms with Crippen LogP contribution in [0, 0.1) is 0 Å². The van der Waals surface area contributed by atoms with Gasteiger partial charge in [0, 0.05) is 45.7 Å². The standard InChI is InChI=1S/C22H26ClN3O3/c1-29-18-8-6-17(7-9-18)16-25-12-14-26(15-13-25)21(27)10-11-24-22(28)19-4-2-3-5-20(19)23/h2-9H,10-16H2,1H3,(H,24,28). The van der Waals surface area contributed by atoms with E-state index >= 15 is 0 Å². The highest BCUT2D eigenvalue weighted by molar-refractivity contribution is 6.33. The van der Waals surface area contributed by atoms with E-state index < -0.39 is 0 Å².